The summed E-state index contributed by atoms with van der Waals surface area (Å²) in [6.45, 7) is 0. The zero-order chi connectivity index (χ0) is 9.84. The molecule has 0 aliphatic heterocycles. The fraction of sp³-hybridized carbons (Fsp3) is 0.333. The van der Waals surface area contributed by atoms with Gasteiger partial charge in [-0.3, -0.25) is 9.88 Å². The summed E-state index contributed by atoms with van der Waals surface area (Å²) in [4.78, 5) is 6.61. The monoisotopic (exact) mass is 195 g/mol. The lowest BCUT2D eigenvalue weighted by molar-refractivity contribution is 0.365. The summed E-state index contributed by atoms with van der Waals surface area (Å²) in [7, 11) is 3.86. The number of thiocarbonyl (C=S) groups is 1. The van der Waals surface area contributed by atoms with E-state index >= 15 is 0 Å². The van der Waals surface area contributed by atoms with Crippen LogP contribution in [-0.2, 0) is 0 Å². The number of hydrogen-bond acceptors (Lipinski definition) is 3. The second-order valence-corrected chi connectivity index (χ2v) is 3.49. The highest BCUT2D eigenvalue weighted by Gasteiger charge is 2.17. The van der Waals surface area contributed by atoms with Gasteiger partial charge < -0.3 is 5.73 Å². The minimum absolute atomic E-state index is 0.0730. The van der Waals surface area contributed by atoms with Gasteiger partial charge in [-0.05, 0) is 26.2 Å². The molecular weight excluding hydrogens is 182 g/mol. The van der Waals surface area contributed by atoms with Crippen molar-refractivity contribution in [3.05, 3.63) is 30.1 Å². The number of hydrogen-bond donors (Lipinski definition) is 1. The molecule has 0 spiro atoms. The van der Waals surface area contributed by atoms with E-state index in [1.165, 1.54) is 0 Å². The molecule has 4 heteroatoms. The third-order valence-corrected chi connectivity index (χ3v) is 1.98. The second-order valence-electron chi connectivity index (χ2n) is 3.02. The molecule has 0 aromatic carbocycles. The molecule has 1 unspecified atom stereocenters. The summed E-state index contributed by atoms with van der Waals surface area (Å²) in [5.74, 6) is 0. The van der Waals surface area contributed by atoms with Crippen LogP contribution in [0.15, 0.2) is 24.4 Å². The van der Waals surface area contributed by atoms with E-state index in [1.807, 2.05) is 37.2 Å². The molecule has 0 fully saturated rings. The highest BCUT2D eigenvalue weighted by Crippen LogP contribution is 2.14. The van der Waals surface area contributed by atoms with E-state index in [9.17, 15) is 0 Å². The standard InChI is InChI=1S/C9H13N3S/c1-12(2)8(9(10)13)7-5-3-4-6-11-7/h3-6,8H,1-2H3,(H2,10,13). The molecule has 0 saturated carbocycles. The van der Waals surface area contributed by atoms with Crippen LogP contribution in [0.2, 0.25) is 0 Å². The first-order valence-corrected chi connectivity index (χ1v) is 4.40. The van der Waals surface area contributed by atoms with Crippen molar-refractivity contribution in [2.45, 2.75) is 6.04 Å². The summed E-state index contributed by atoms with van der Waals surface area (Å²) in [5, 5.41) is 0. The summed E-state index contributed by atoms with van der Waals surface area (Å²) in [6.07, 6.45) is 1.74. The molecule has 0 radical (unpaired) electrons. The number of nitrogens with zero attached hydrogens (tertiary/aromatic N) is 2. The molecule has 70 valence electrons. The van der Waals surface area contributed by atoms with Gasteiger partial charge in [0.15, 0.2) is 0 Å². The number of nitrogens with two attached hydrogens (primary N) is 1. The van der Waals surface area contributed by atoms with E-state index in [2.05, 4.69) is 4.98 Å². The first-order chi connectivity index (χ1) is 6.13. The van der Waals surface area contributed by atoms with Gasteiger partial charge in [0.2, 0.25) is 0 Å². The Kier molecular flexibility index (Phi) is 3.33. The predicted molar refractivity (Wildman–Crippen MR) is 57.5 cm³/mol. The number of rotatable bonds is 3. The minimum atomic E-state index is -0.0730. The molecule has 13 heavy (non-hydrogen) atoms. The van der Waals surface area contributed by atoms with Gasteiger partial charge in [0.25, 0.3) is 0 Å². The van der Waals surface area contributed by atoms with Gasteiger partial charge in [-0.2, -0.15) is 0 Å². The topological polar surface area (TPSA) is 42.1 Å². The van der Waals surface area contributed by atoms with Gasteiger partial charge in [0.1, 0.15) is 6.04 Å². The zero-order valence-corrected chi connectivity index (χ0v) is 8.58. The van der Waals surface area contributed by atoms with Crippen molar-refractivity contribution in [1.29, 1.82) is 0 Å². The van der Waals surface area contributed by atoms with Gasteiger partial charge in [0, 0.05) is 6.20 Å². The van der Waals surface area contributed by atoms with Crippen LogP contribution < -0.4 is 5.73 Å². The van der Waals surface area contributed by atoms with Gasteiger partial charge >= 0.3 is 0 Å². The molecule has 0 saturated heterocycles. The van der Waals surface area contributed by atoms with Crippen molar-refractivity contribution >= 4 is 17.2 Å². The molecule has 3 nitrogen and oxygen atoms in total. The van der Waals surface area contributed by atoms with Crippen LogP contribution in [0.4, 0.5) is 0 Å². The third-order valence-electron chi connectivity index (χ3n) is 1.75. The van der Waals surface area contributed by atoms with Crippen molar-refractivity contribution in [2.24, 2.45) is 5.73 Å². The normalized spacial score (nSPS) is 12.8. The Hall–Kier alpha value is -1.00. The van der Waals surface area contributed by atoms with Crippen LogP contribution in [0.25, 0.3) is 0 Å². The van der Waals surface area contributed by atoms with Crippen molar-refractivity contribution in [1.82, 2.24) is 9.88 Å². The van der Waals surface area contributed by atoms with Crippen LogP contribution in [0, 0.1) is 0 Å². The van der Waals surface area contributed by atoms with Gasteiger partial charge in [0.05, 0.1) is 10.7 Å². The largest absolute Gasteiger partial charge is 0.392 e. The molecule has 0 aliphatic carbocycles. The van der Waals surface area contributed by atoms with Crippen molar-refractivity contribution in [2.75, 3.05) is 14.1 Å². The Balaban J connectivity index is 2.96. The van der Waals surface area contributed by atoms with Crippen LogP contribution in [0.1, 0.15) is 11.7 Å². The average Bonchev–Trinajstić information content (AvgIpc) is 2.04. The first-order valence-electron chi connectivity index (χ1n) is 3.99. The Morgan fingerprint density at radius 1 is 1.54 bits per heavy atom. The molecular formula is C9H13N3S. The minimum Gasteiger partial charge on any atom is -0.392 e. The summed E-state index contributed by atoms with van der Waals surface area (Å²) in [5.41, 5.74) is 6.51. The number of likely N-dealkylation sites (N-methyl/N-ethyl adjacent to an activating group) is 1. The molecule has 2 N–H and O–H groups in total. The van der Waals surface area contributed by atoms with Gasteiger partial charge in [-0.15, -0.1) is 0 Å². The zero-order valence-electron chi connectivity index (χ0n) is 7.77. The van der Waals surface area contributed by atoms with Crippen LogP contribution in [-0.4, -0.2) is 29.0 Å². The molecule has 1 aromatic heterocycles. The van der Waals surface area contributed by atoms with E-state index in [1.54, 1.807) is 6.20 Å². The van der Waals surface area contributed by atoms with Gasteiger partial charge in [-0.25, -0.2) is 0 Å². The number of pyridine rings is 1. The summed E-state index contributed by atoms with van der Waals surface area (Å²) >= 11 is 4.97. The lowest BCUT2D eigenvalue weighted by Gasteiger charge is -2.22. The molecule has 1 heterocycles. The van der Waals surface area contributed by atoms with Gasteiger partial charge in [-0.1, -0.05) is 18.3 Å². The van der Waals surface area contributed by atoms with E-state index in [4.69, 9.17) is 18.0 Å². The maximum Gasteiger partial charge on any atom is 0.102 e. The molecule has 1 atom stereocenters. The Morgan fingerprint density at radius 3 is 2.62 bits per heavy atom. The van der Waals surface area contributed by atoms with Crippen molar-refractivity contribution < 1.29 is 0 Å². The maximum absolute atomic E-state index is 5.62. The fourth-order valence-corrected chi connectivity index (χ4v) is 1.53. The van der Waals surface area contributed by atoms with Crippen LogP contribution in [0.3, 0.4) is 0 Å². The molecule has 1 aromatic rings. The molecule has 0 bridgehead atoms. The summed E-state index contributed by atoms with van der Waals surface area (Å²) in [6, 6.07) is 5.65. The van der Waals surface area contributed by atoms with E-state index < -0.39 is 0 Å². The Morgan fingerprint density at radius 2 is 2.23 bits per heavy atom. The van der Waals surface area contributed by atoms with Crippen LogP contribution in [0.5, 0.6) is 0 Å². The Labute approximate surface area is 83.6 Å². The molecule has 0 amide bonds. The third kappa shape index (κ3) is 2.47. The highest BCUT2D eigenvalue weighted by molar-refractivity contribution is 7.80. The SMILES string of the molecule is CN(C)C(C(N)=S)c1ccccn1. The smallest absolute Gasteiger partial charge is 0.102 e. The summed E-state index contributed by atoms with van der Waals surface area (Å²) < 4.78 is 0. The maximum atomic E-state index is 5.62. The lowest BCUT2D eigenvalue weighted by Crippen LogP contribution is -2.32. The van der Waals surface area contributed by atoms with E-state index in [0.29, 0.717) is 4.99 Å². The quantitative estimate of drug-likeness (QED) is 0.730. The first kappa shape index (κ1) is 10.1. The average molecular weight is 195 g/mol. The Bertz CT molecular complexity index is 284. The lowest BCUT2D eigenvalue weighted by atomic mass is 10.2. The molecule has 0 aliphatic rings. The van der Waals surface area contributed by atoms with E-state index in [-0.39, 0.29) is 6.04 Å². The second kappa shape index (κ2) is 4.30. The predicted octanol–water partition coefficient (Wildman–Crippen LogP) is 0.970. The highest BCUT2D eigenvalue weighted by atomic mass is 32.1. The molecule has 1 rings (SSSR count). The van der Waals surface area contributed by atoms with E-state index in [0.717, 1.165) is 5.69 Å². The number of aromatic nitrogens is 1. The van der Waals surface area contributed by atoms with Crippen molar-refractivity contribution in [3.8, 4) is 0 Å². The van der Waals surface area contributed by atoms with Crippen molar-refractivity contribution in [3.63, 3.8) is 0 Å². The fourth-order valence-electron chi connectivity index (χ4n) is 1.20. The van der Waals surface area contributed by atoms with Crippen LogP contribution >= 0.6 is 12.2 Å².